The molecule has 0 aliphatic carbocycles. The molecule has 0 amide bonds. The van der Waals surface area contributed by atoms with Crippen molar-refractivity contribution in [3.05, 3.63) is 58.8 Å². The molecule has 0 unspecified atom stereocenters. The number of furan rings is 1. The molecule has 2 aromatic carbocycles. The Bertz CT molecular complexity index is 1030. The van der Waals surface area contributed by atoms with Crippen LogP contribution < -0.4 is 4.74 Å². The van der Waals surface area contributed by atoms with Crippen LogP contribution in [0, 0.1) is 6.92 Å². The summed E-state index contributed by atoms with van der Waals surface area (Å²) in [6, 6.07) is 13.1. The third-order valence-electron chi connectivity index (χ3n) is 3.75. The zero-order valence-electron chi connectivity index (χ0n) is 12.8. The van der Waals surface area contributed by atoms with Crippen LogP contribution in [0.2, 0.25) is 0 Å². The number of aromatic nitrogens is 1. The van der Waals surface area contributed by atoms with Gasteiger partial charge in [0.05, 0.1) is 10.2 Å². The molecular weight excluding hydrogens is 326 g/mol. The lowest BCUT2D eigenvalue weighted by atomic mass is 10.1. The van der Waals surface area contributed by atoms with Gasteiger partial charge in [0, 0.05) is 5.39 Å². The Labute approximate surface area is 141 Å². The minimum atomic E-state index is -1.01. The maximum Gasteiger partial charge on any atom is 0.339 e. The van der Waals surface area contributed by atoms with Crippen molar-refractivity contribution in [3.63, 3.8) is 0 Å². The number of hydrogen-bond acceptors (Lipinski definition) is 5. The van der Waals surface area contributed by atoms with Crippen molar-refractivity contribution in [1.82, 2.24) is 4.98 Å². The van der Waals surface area contributed by atoms with Gasteiger partial charge in [0.15, 0.2) is 0 Å². The van der Waals surface area contributed by atoms with Crippen LogP contribution in [0.4, 0.5) is 0 Å². The first-order valence-electron chi connectivity index (χ1n) is 7.35. The monoisotopic (exact) mass is 339 g/mol. The van der Waals surface area contributed by atoms with E-state index in [2.05, 4.69) is 4.98 Å². The molecule has 120 valence electrons. The number of aryl methyl sites for hydroxylation is 1. The Balaban J connectivity index is 1.62. The number of benzene rings is 2. The van der Waals surface area contributed by atoms with E-state index >= 15 is 0 Å². The summed E-state index contributed by atoms with van der Waals surface area (Å²) in [5.41, 5.74) is 1.67. The largest absolute Gasteiger partial charge is 0.486 e. The van der Waals surface area contributed by atoms with Crippen LogP contribution in [0.1, 0.15) is 21.1 Å². The molecule has 0 radical (unpaired) electrons. The van der Waals surface area contributed by atoms with Gasteiger partial charge in [-0.05, 0) is 37.3 Å². The molecule has 0 spiro atoms. The second kappa shape index (κ2) is 5.65. The number of ether oxygens (including phenoxy) is 1. The summed E-state index contributed by atoms with van der Waals surface area (Å²) < 4.78 is 12.4. The molecular formula is C18H13NO4S. The van der Waals surface area contributed by atoms with Crippen LogP contribution in [0.5, 0.6) is 5.75 Å². The van der Waals surface area contributed by atoms with Crippen molar-refractivity contribution in [2.45, 2.75) is 13.5 Å². The molecule has 0 atom stereocenters. The lowest BCUT2D eigenvalue weighted by Crippen LogP contribution is -1.97. The number of hydrogen-bond donors (Lipinski definition) is 1. The molecule has 5 nitrogen and oxygen atoms in total. The first-order chi connectivity index (χ1) is 11.6. The minimum Gasteiger partial charge on any atom is -0.486 e. The second-order valence-electron chi connectivity index (χ2n) is 5.36. The molecule has 2 heterocycles. The molecule has 1 N–H and O–H groups in total. The Morgan fingerprint density at radius 1 is 1.29 bits per heavy atom. The molecule has 24 heavy (non-hydrogen) atoms. The summed E-state index contributed by atoms with van der Waals surface area (Å²) in [7, 11) is 0. The number of para-hydroxylation sites is 1. The van der Waals surface area contributed by atoms with Crippen LogP contribution in [0.15, 0.2) is 46.9 Å². The normalized spacial score (nSPS) is 11.2. The first-order valence-corrected chi connectivity index (χ1v) is 8.17. The molecule has 0 fully saturated rings. The van der Waals surface area contributed by atoms with Crippen molar-refractivity contribution in [2.24, 2.45) is 0 Å². The lowest BCUT2D eigenvalue weighted by Gasteiger charge is -2.03. The highest BCUT2D eigenvalue weighted by atomic mass is 32.1. The Hall–Kier alpha value is -2.86. The van der Waals surface area contributed by atoms with Gasteiger partial charge in [-0.25, -0.2) is 9.78 Å². The van der Waals surface area contributed by atoms with Crippen LogP contribution in [-0.2, 0) is 6.61 Å². The van der Waals surface area contributed by atoms with Crippen LogP contribution in [0.25, 0.3) is 21.2 Å². The summed E-state index contributed by atoms with van der Waals surface area (Å²) in [6.07, 6.45) is 0. The van der Waals surface area contributed by atoms with Gasteiger partial charge in [-0.3, -0.25) is 0 Å². The third-order valence-corrected chi connectivity index (χ3v) is 4.76. The fraction of sp³-hybridized carbons (Fsp3) is 0.111. The van der Waals surface area contributed by atoms with Gasteiger partial charge < -0.3 is 14.3 Å². The Morgan fingerprint density at radius 3 is 2.92 bits per heavy atom. The number of aromatic carboxylic acids is 1. The average Bonchev–Trinajstić information content (AvgIpc) is 3.11. The standard InChI is InChI=1S/C18H13NO4S/c1-10-17(18(20)21)12-8-11(6-7-14(12)23-10)22-9-16-19-13-4-2-3-5-15(13)24-16/h2-8H,9H2,1H3,(H,20,21). The Morgan fingerprint density at radius 2 is 2.12 bits per heavy atom. The zero-order valence-corrected chi connectivity index (χ0v) is 13.6. The van der Waals surface area contributed by atoms with E-state index < -0.39 is 5.97 Å². The average molecular weight is 339 g/mol. The van der Waals surface area contributed by atoms with Gasteiger partial charge in [0.25, 0.3) is 0 Å². The van der Waals surface area contributed by atoms with Gasteiger partial charge >= 0.3 is 5.97 Å². The van der Waals surface area contributed by atoms with Crippen molar-refractivity contribution >= 4 is 38.5 Å². The van der Waals surface area contributed by atoms with Gasteiger partial charge in [-0.1, -0.05) is 12.1 Å². The number of thiazole rings is 1. The number of nitrogens with zero attached hydrogens (tertiary/aromatic N) is 1. The summed E-state index contributed by atoms with van der Waals surface area (Å²) in [5, 5.41) is 10.7. The number of fused-ring (bicyclic) bond motifs is 2. The fourth-order valence-corrected chi connectivity index (χ4v) is 3.56. The second-order valence-corrected chi connectivity index (χ2v) is 6.48. The predicted octanol–water partition coefficient (Wildman–Crippen LogP) is 4.63. The smallest absolute Gasteiger partial charge is 0.339 e. The highest BCUT2D eigenvalue weighted by Crippen LogP contribution is 2.30. The van der Waals surface area contributed by atoms with Crippen LogP contribution in [0.3, 0.4) is 0 Å². The number of carboxylic acids is 1. The molecule has 6 heteroatoms. The van der Waals surface area contributed by atoms with E-state index in [0.717, 1.165) is 15.2 Å². The zero-order chi connectivity index (χ0) is 16.7. The molecule has 0 aliphatic heterocycles. The fourth-order valence-electron chi connectivity index (χ4n) is 2.68. The summed E-state index contributed by atoms with van der Waals surface area (Å²) in [6.45, 7) is 1.98. The molecule has 0 saturated heterocycles. The lowest BCUT2D eigenvalue weighted by molar-refractivity contribution is 0.0697. The van der Waals surface area contributed by atoms with E-state index in [1.165, 1.54) is 0 Å². The number of rotatable bonds is 4. The minimum absolute atomic E-state index is 0.176. The molecule has 0 bridgehead atoms. The van der Waals surface area contributed by atoms with E-state index in [-0.39, 0.29) is 5.56 Å². The van der Waals surface area contributed by atoms with Crippen molar-refractivity contribution in [3.8, 4) is 5.75 Å². The van der Waals surface area contributed by atoms with E-state index in [1.54, 1.807) is 36.5 Å². The van der Waals surface area contributed by atoms with Crippen LogP contribution >= 0.6 is 11.3 Å². The number of carboxylic acid groups (broad SMARTS) is 1. The predicted molar refractivity (Wildman–Crippen MR) is 91.9 cm³/mol. The summed E-state index contributed by atoms with van der Waals surface area (Å²) in [4.78, 5) is 15.9. The summed E-state index contributed by atoms with van der Waals surface area (Å²) in [5.74, 6) is -0.0274. The molecule has 2 aromatic heterocycles. The van der Waals surface area contributed by atoms with Crippen molar-refractivity contribution in [2.75, 3.05) is 0 Å². The molecule has 0 aliphatic rings. The molecule has 4 aromatic rings. The van der Waals surface area contributed by atoms with Gasteiger partial charge in [0.1, 0.15) is 34.3 Å². The van der Waals surface area contributed by atoms with Crippen molar-refractivity contribution < 1.29 is 19.1 Å². The van der Waals surface area contributed by atoms with Gasteiger partial charge in [-0.15, -0.1) is 11.3 Å². The van der Waals surface area contributed by atoms with Crippen molar-refractivity contribution in [1.29, 1.82) is 0 Å². The Kier molecular flexibility index (Phi) is 3.46. The molecule has 0 saturated carbocycles. The maximum atomic E-state index is 11.4. The van der Waals surface area contributed by atoms with E-state index in [4.69, 9.17) is 9.15 Å². The van der Waals surface area contributed by atoms with Gasteiger partial charge in [0.2, 0.25) is 0 Å². The van der Waals surface area contributed by atoms with E-state index in [1.807, 2.05) is 24.3 Å². The summed E-state index contributed by atoms with van der Waals surface area (Å²) >= 11 is 1.58. The van der Waals surface area contributed by atoms with E-state index in [9.17, 15) is 9.90 Å². The quantitative estimate of drug-likeness (QED) is 0.587. The maximum absolute atomic E-state index is 11.4. The highest BCUT2D eigenvalue weighted by molar-refractivity contribution is 7.18. The number of carbonyl (C=O) groups is 1. The highest BCUT2D eigenvalue weighted by Gasteiger charge is 2.18. The molecule has 4 rings (SSSR count). The SMILES string of the molecule is Cc1oc2ccc(OCc3nc4ccccc4s3)cc2c1C(=O)O. The third kappa shape index (κ3) is 2.51. The van der Waals surface area contributed by atoms with Crippen LogP contribution in [-0.4, -0.2) is 16.1 Å². The van der Waals surface area contributed by atoms with Gasteiger partial charge in [-0.2, -0.15) is 0 Å². The topological polar surface area (TPSA) is 72.6 Å². The first kappa shape index (κ1) is 14.7. The van der Waals surface area contributed by atoms with E-state index in [0.29, 0.717) is 29.1 Å².